The number of hydrogen-bond donors (Lipinski definition) is 1. The van der Waals surface area contributed by atoms with Crippen LogP contribution >= 0.6 is 0 Å². The summed E-state index contributed by atoms with van der Waals surface area (Å²) in [6.45, 7) is 1.69. The summed E-state index contributed by atoms with van der Waals surface area (Å²) in [5.41, 5.74) is 0.952. The lowest BCUT2D eigenvalue weighted by atomic mass is 10.0. The molecular weight excluding hydrogens is 394 g/mol. The van der Waals surface area contributed by atoms with Crippen molar-refractivity contribution < 1.29 is 31.8 Å². The molecule has 1 aliphatic rings. The molecule has 0 saturated carbocycles. The minimum absolute atomic E-state index is 0.0410. The number of aryl methyl sites for hydroxylation is 1. The highest BCUT2D eigenvalue weighted by Crippen LogP contribution is 2.44. The van der Waals surface area contributed by atoms with E-state index in [0.29, 0.717) is 16.7 Å². The summed E-state index contributed by atoms with van der Waals surface area (Å²) < 4.78 is 62.6. The van der Waals surface area contributed by atoms with Crippen LogP contribution in [0.3, 0.4) is 0 Å². The van der Waals surface area contributed by atoms with E-state index < -0.39 is 29.4 Å². The molecule has 0 radical (unpaired) electrons. The molecule has 0 fully saturated rings. The van der Waals surface area contributed by atoms with Crippen LogP contribution in [0.1, 0.15) is 15.9 Å². The van der Waals surface area contributed by atoms with E-state index in [4.69, 9.17) is 0 Å². The number of carbonyl (C=O) groups excluding carboxylic acids is 1. The first-order chi connectivity index (χ1) is 13.7. The van der Waals surface area contributed by atoms with Gasteiger partial charge in [-0.25, -0.2) is 13.8 Å². The van der Waals surface area contributed by atoms with E-state index in [1.807, 2.05) is 0 Å². The van der Waals surface area contributed by atoms with Crippen molar-refractivity contribution in [3.05, 3.63) is 65.6 Å². The third kappa shape index (κ3) is 3.56. The fourth-order valence-electron chi connectivity index (χ4n) is 2.84. The van der Waals surface area contributed by atoms with Gasteiger partial charge in [0.1, 0.15) is 11.4 Å². The first-order valence-electron chi connectivity index (χ1n) is 8.21. The molecule has 0 aliphatic carbocycles. The summed E-state index contributed by atoms with van der Waals surface area (Å²) in [7, 11) is 0. The third-order valence-electron chi connectivity index (χ3n) is 4.14. The second kappa shape index (κ2) is 6.73. The van der Waals surface area contributed by atoms with Crippen LogP contribution in [0.2, 0.25) is 0 Å². The Kier molecular flexibility index (Phi) is 4.33. The highest BCUT2D eigenvalue weighted by Gasteiger charge is 2.43. The first-order valence-corrected chi connectivity index (χ1v) is 8.21. The van der Waals surface area contributed by atoms with Gasteiger partial charge in [0.2, 0.25) is 0 Å². The number of nitrogens with zero attached hydrogens (tertiary/aromatic N) is 2. The number of halogens is 4. The van der Waals surface area contributed by atoms with Crippen molar-refractivity contribution in [2.24, 2.45) is 0 Å². The van der Waals surface area contributed by atoms with Gasteiger partial charge in [0.25, 0.3) is 5.91 Å². The predicted molar refractivity (Wildman–Crippen MR) is 92.7 cm³/mol. The molecule has 0 atom stereocenters. The second-order valence-corrected chi connectivity index (χ2v) is 6.15. The number of aromatic nitrogens is 2. The number of alkyl halides is 2. The Balaban J connectivity index is 1.57. The summed E-state index contributed by atoms with van der Waals surface area (Å²) in [5.74, 6) is -3.38. The Morgan fingerprint density at radius 3 is 2.31 bits per heavy atom. The number of benzene rings is 1. The molecule has 148 valence electrons. The zero-order valence-electron chi connectivity index (χ0n) is 14.7. The summed E-state index contributed by atoms with van der Waals surface area (Å²) in [6, 6.07) is 5.77. The lowest BCUT2D eigenvalue weighted by molar-refractivity contribution is -0.286. The quantitative estimate of drug-likeness (QED) is 0.658. The third-order valence-corrected chi connectivity index (χ3v) is 4.14. The zero-order valence-corrected chi connectivity index (χ0v) is 14.7. The van der Waals surface area contributed by atoms with Gasteiger partial charge in [-0.1, -0.05) is 0 Å². The molecule has 0 saturated heterocycles. The van der Waals surface area contributed by atoms with E-state index in [9.17, 15) is 22.4 Å². The summed E-state index contributed by atoms with van der Waals surface area (Å²) in [6.07, 6.45) is -0.907. The van der Waals surface area contributed by atoms with Crippen LogP contribution in [0, 0.1) is 18.6 Å². The molecule has 29 heavy (non-hydrogen) atoms. The molecule has 10 heteroatoms. The number of anilines is 1. The molecule has 6 nitrogen and oxygen atoms in total. The monoisotopic (exact) mass is 405 g/mol. The Morgan fingerprint density at radius 2 is 1.69 bits per heavy atom. The second-order valence-electron chi connectivity index (χ2n) is 6.15. The van der Waals surface area contributed by atoms with E-state index in [-0.39, 0.29) is 17.3 Å². The number of nitrogens with one attached hydrogen (secondary N) is 1. The maximum atomic E-state index is 13.6. The molecule has 0 spiro atoms. The lowest BCUT2D eigenvalue weighted by Crippen LogP contribution is -2.25. The van der Waals surface area contributed by atoms with Crippen LogP contribution in [-0.2, 0) is 0 Å². The molecule has 0 unspecified atom stereocenters. The number of ether oxygens (including phenoxy) is 2. The first kappa shape index (κ1) is 18.7. The molecule has 1 amide bonds. The average Bonchev–Trinajstić information content (AvgIpc) is 2.94. The molecule has 1 aliphatic heterocycles. The minimum atomic E-state index is -3.72. The van der Waals surface area contributed by atoms with Crippen LogP contribution in [0.4, 0.5) is 23.4 Å². The normalized spacial score (nSPS) is 14.0. The van der Waals surface area contributed by atoms with Gasteiger partial charge in [-0.3, -0.25) is 9.78 Å². The number of carbonyl (C=O) groups is 1. The topological polar surface area (TPSA) is 73.3 Å². The highest BCUT2D eigenvalue weighted by atomic mass is 19.3. The fourth-order valence-corrected chi connectivity index (χ4v) is 2.84. The number of amides is 1. The number of hydrogen-bond acceptors (Lipinski definition) is 5. The summed E-state index contributed by atoms with van der Waals surface area (Å²) >= 11 is 0. The molecule has 1 aromatic carbocycles. The van der Waals surface area contributed by atoms with Gasteiger partial charge in [0.15, 0.2) is 23.1 Å². The van der Waals surface area contributed by atoms with Gasteiger partial charge in [-0.15, -0.1) is 8.78 Å². The molecule has 2 aromatic heterocycles. The van der Waals surface area contributed by atoms with Crippen LogP contribution in [0.25, 0.3) is 11.1 Å². The Hall–Kier alpha value is -3.69. The van der Waals surface area contributed by atoms with Gasteiger partial charge in [0.05, 0.1) is 12.4 Å². The van der Waals surface area contributed by atoms with Gasteiger partial charge in [-0.05, 0) is 42.3 Å². The average molecular weight is 405 g/mol. The Bertz CT molecular complexity index is 1100. The Labute approximate surface area is 161 Å². The highest BCUT2D eigenvalue weighted by molar-refractivity contribution is 6.04. The summed E-state index contributed by atoms with van der Waals surface area (Å²) in [4.78, 5) is 19.4. The number of pyridine rings is 2. The predicted octanol–water partition coefficient (Wildman–Crippen LogP) is 4.30. The van der Waals surface area contributed by atoms with Crippen LogP contribution in [-0.4, -0.2) is 22.2 Å². The summed E-state index contributed by atoms with van der Waals surface area (Å²) in [5, 5.41) is 2.28. The van der Waals surface area contributed by atoms with Crippen molar-refractivity contribution in [1.82, 2.24) is 9.97 Å². The van der Waals surface area contributed by atoms with E-state index in [0.717, 1.165) is 12.4 Å². The smallest absolute Gasteiger partial charge is 0.395 e. The van der Waals surface area contributed by atoms with Crippen molar-refractivity contribution >= 4 is 11.7 Å². The van der Waals surface area contributed by atoms with Gasteiger partial charge in [-0.2, -0.15) is 0 Å². The molecule has 1 N–H and O–H groups in total. The van der Waals surface area contributed by atoms with Gasteiger partial charge >= 0.3 is 6.29 Å². The largest absolute Gasteiger partial charge is 0.586 e. The molecule has 0 bridgehead atoms. The van der Waals surface area contributed by atoms with Crippen molar-refractivity contribution in [3.63, 3.8) is 0 Å². The minimum Gasteiger partial charge on any atom is -0.395 e. The van der Waals surface area contributed by atoms with E-state index in [1.54, 1.807) is 13.0 Å². The van der Waals surface area contributed by atoms with Crippen molar-refractivity contribution in [2.75, 3.05) is 5.32 Å². The number of fused-ring (bicyclic) bond motifs is 1. The van der Waals surface area contributed by atoms with Crippen molar-refractivity contribution in [2.45, 2.75) is 13.2 Å². The van der Waals surface area contributed by atoms with Crippen LogP contribution in [0.5, 0.6) is 11.5 Å². The molecule has 3 aromatic rings. The van der Waals surface area contributed by atoms with Crippen LogP contribution < -0.4 is 14.8 Å². The van der Waals surface area contributed by atoms with Crippen molar-refractivity contribution in [3.8, 4) is 22.6 Å². The van der Waals surface area contributed by atoms with E-state index >= 15 is 0 Å². The van der Waals surface area contributed by atoms with Gasteiger partial charge in [0, 0.05) is 11.8 Å². The number of rotatable bonds is 3. The maximum Gasteiger partial charge on any atom is 0.586 e. The van der Waals surface area contributed by atoms with Crippen molar-refractivity contribution in [1.29, 1.82) is 0 Å². The van der Waals surface area contributed by atoms with Crippen LogP contribution in [0.15, 0.2) is 42.9 Å². The van der Waals surface area contributed by atoms with Gasteiger partial charge < -0.3 is 14.8 Å². The SMILES string of the molecule is Cc1cc2c(cc1-c1ccc(NC(=O)c3c(F)cncc3F)nc1)OC(F)(F)O2. The fraction of sp³-hybridized carbons (Fsp3) is 0.105. The maximum absolute atomic E-state index is 13.6. The Morgan fingerprint density at radius 1 is 1.03 bits per heavy atom. The molecular formula is C19H11F4N3O3. The standard InChI is InChI=1S/C19H11F4N3O3/c1-9-4-14-15(29-19(22,23)28-14)5-11(9)10-2-3-16(25-6-10)26-18(27)17-12(20)7-24-8-13(17)21/h2-8H,1H3,(H,25,26,27). The lowest BCUT2D eigenvalue weighted by Gasteiger charge is -2.09. The molecule has 3 heterocycles. The molecule has 4 rings (SSSR count). The zero-order chi connectivity index (χ0) is 20.8. The van der Waals surface area contributed by atoms with E-state index in [1.165, 1.54) is 24.4 Å². The van der Waals surface area contributed by atoms with E-state index in [2.05, 4.69) is 24.8 Å².